The van der Waals surface area contributed by atoms with Crippen LogP contribution in [0.4, 0.5) is 0 Å². The van der Waals surface area contributed by atoms with Gasteiger partial charge in [0.25, 0.3) is 0 Å². The van der Waals surface area contributed by atoms with Gasteiger partial charge in [-0.15, -0.1) is 0 Å². The zero-order valence-electron chi connectivity index (χ0n) is 11.5. The van der Waals surface area contributed by atoms with Crippen LogP contribution in [0.5, 0.6) is 0 Å². The molecule has 2 aromatic rings. The first-order valence-electron chi connectivity index (χ1n) is 6.68. The van der Waals surface area contributed by atoms with Crippen LogP contribution >= 0.6 is 11.6 Å². The molecule has 0 aromatic heterocycles. The van der Waals surface area contributed by atoms with E-state index in [1.165, 1.54) is 5.56 Å². The highest BCUT2D eigenvalue weighted by Crippen LogP contribution is 2.29. The highest BCUT2D eigenvalue weighted by molar-refractivity contribution is 6.33. The Hall–Kier alpha value is -1.31. The minimum absolute atomic E-state index is 0.521. The predicted octanol–water partition coefficient (Wildman–Crippen LogP) is 4.66. The number of halogens is 1. The van der Waals surface area contributed by atoms with Crippen LogP contribution in [0.3, 0.4) is 0 Å². The van der Waals surface area contributed by atoms with Crippen LogP contribution in [-0.4, -0.2) is 0 Å². The zero-order valence-corrected chi connectivity index (χ0v) is 12.2. The smallest absolute Gasteiger partial charge is 0.0487 e. The molecule has 0 aliphatic rings. The average molecular weight is 274 g/mol. The summed E-state index contributed by atoms with van der Waals surface area (Å²) in [6, 6.07) is 14.7. The van der Waals surface area contributed by atoms with E-state index in [-0.39, 0.29) is 0 Å². The molecule has 0 heterocycles. The molecule has 0 saturated carbocycles. The van der Waals surface area contributed by atoms with Crippen molar-refractivity contribution < 1.29 is 0 Å². The molecule has 0 radical (unpaired) electrons. The van der Waals surface area contributed by atoms with Crippen molar-refractivity contribution >= 4 is 11.6 Å². The second-order valence-corrected chi connectivity index (χ2v) is 5.72. The molecule has 0 bridgehead atoms. The van der Waals surface area contributed by atoms with Crippen molar-refractivity contribution in [2.75, 3.05) is 0 Å². The fourth-order valence-electron chi connectivity index (χ4n) is 2.21. The largest absolute Gasteiger partial charge is 0.326 e. The third kappa shape index (κ3) is 3.59. The SMILES string of the molecule is CC(C)Cc1ccc(-c2ccc(CN)cc2Cl)cc1. The predicted molar refractivity (Wildman–Crippen MR) is 83.3 cm³/mol. The molecular weight excluding hydrogens is 254 g/mol. The van der Waals surface area contributed by atoms with E-state index in [4.69, 9.17) is 17.3 Å². The van der Waals surface area contributed by atoms with E-state index in [0.29, 0.717) is 12.5 Å². The molecule has 0 spiro atoms. The Morgan fingerprint density at radius 2 is 1.63 bits per heavy atom. The third-order valence-electron chi connectivity index (χ3n) is 3.18. The van der Waals surface area contributed by atoms with Gasteiger partial charge in [-0.2, -0.15) is 0 Å². The molecule has 0 fully saturated rings. The Morgan fingerprint density at radius 3 is 2.16 bits per heavy atom. The third-order valence-corrected chi connectivity index (χ3v) is 3.49. The molecule has 2 aromatic carbocycles. The number of benzene rings is 2. The van der Waals surface area contributed by atoms with E-state index in [9.17, 15) is 0 Å². The molecule has 0 saturated heterocycles. The maximum absolute atomic E-state index is 6.31. The second kappa shape index (κ2) is 6.23. The molecule has 2 N–H and O–H groups in total. The standard InChI is InChI=1S/C17H20ClN/c1-12(2)9-13-3-6-15(7-4-13)16-8-5-14(11-19)10-17(16)18/h3-8,10,12H,9,11,19H2,1-2H3. The van der Waals surface area contributed by atoms with E-state index < -0.39 is 0 Å². The summed E-state index contributed by atoms with van der Waals surface area (Å²) in [5.41, 5.74) is 10.3. The van der Waals surface area contributed by atoms with Gasteiger partial charge in [0.15, 0.2) is 0 Å². The van der Waals surface area contributed by atoms with E-state index in [1.54, 1.807) is 0 Å². The van der Waals surface area contributed by atoms with Crippen LogP contribution in [0.15, 0.2) is 42.5 Å². The number of rotatable bonds is 4. The van der Waals surface area contributed by atoms with Crippen molar-refractivity contribution in [1.82, 2.24) is 0 Å². The van der Waals surface area contributed by atoms with Crippen LogP contribution in [0, 0.1) is 5.92 Å². The molecule has 2 rings (SSSR count). The Bertz CT molecular complexity index is 544. The second-order valence-electron chi connectivity index (χ2n) is 5.31. The molecule has 0 aliphatic heterocycles. The highest BCUT2D eigenvalue weighted by atomic mass is 35.5. The Balaban J connectivity index is 2.27. The van der Waals surface area contributed by atoms with Gasteiger partial charge in [-0.25, -0.2) is 0 Å². The average Bonchev–Trinajstić information content (AvgIpc) is 2.39. The van der Waals surface area contributed by atoms with Gasteiger partial charge in [0.2, 0.25) is 0 Å². The minimum atomic E-state index is 0.521. The van der Waals surface area contributed by atoms with Crippen LogP contribution in [0.2, 0.25) is 5.02 Å². The minimum Gasteiger partial charge on any atom is -0.326 e. The van der Waals surface area contributed by atoms with Crippen molar-refractivity contribution in [3.63, 3.8) is 0 Å². The normalized spacial score (nSPS) is 11.0. The van der Waals surface area contributed by atoms with E-state index in [1.807, 2.05) is 18.2 Å². The number of hydrogen-bond acceptors (Lipinski definition) is 1. The van der Waals surface area contributed by atoms with Crippen LogP contribution in [0.1, 0.15) is 25.0 Å². The molecule has 100 valence electrons. The van der Waals surface area contributed by atoms with Crippen molar-refractivity contribution in [3.05, 3.63) is 58.6 Å². The lowest BCUT2D eigenvalue weighted by Crippen LogP contribution is -1.96. The lowest BCUT2D eigenvalue weighted by atomic mass is 9.98. The molecule has 1 nitrogen and oxygen atoms in total. The first-order valence-corrected chi connectivity index (χ1v) is 7.05. The topological polar surface area (TPSA) is 26.0 Å². The molecular formula is C17H20ClN. The van der Waals surface area contributed by atoms with Crippen molar-refractivity contribution in [2.45, 2.75) is 26.8 Å². The van der Waals surface area contributed by atoms with E-state index in [2.05, 4.69) is 38.1 Å². The summed E-state index contributed by atoms with van der Waals surface area (Å²) in [6.45, 7) is 4.99. The van der Waals surface area contributed by atoms with Gasteiger partial charge in [0, 0.05) is 17.1 Å². The maximum atomic E-state index is 6.31. The van der Waals surface area contributed by atoms with Gasteiger partial charge in [-0.05, 0) is 35.1 Å². The summed E-state index contributed by atoms with van der Waals surface area (Å²) in [5, 5.41) is 0.763. The molecule has 0 aliphatic carbocycles. The first-order chi connectivity index (χ1) is 9.10. The lowest BCUT2D eigenvalue weighted by Gasteiger charge is -2.09. The van der Waals surface area contributed by atoms with Crippen molar-refractivity contribution in [1.29, 1.82) is 0 Å². The van der Waals surface area contributed by atoms with Crippen LogP contribution in [-0.2, 0) is 13.0 Å². The van der Waals surface area contributed by atoms with E-state index in [0.717, 1.165) is 28.1 Å². The summed E-state index contributed by atoms with van der Waals surface area (Å²) in [7, 11) is 0. The van der Waals surface area contributed by atoms with Gasteiger partial charge in [-0.3, -0.25) is 0 Å². The summed E-state index contributed by atoms with van der Waals surface area (Å²) < 4.78 is 0. The monoisotopic (exact) mass is 273 g/mol. The quantitative estimate of drug-likeness (QED) is 0.861. The van der Waals surface area contributed by atoms with Crippen LogP contribution < -0.4 is 5.73 Å². The molecule has 19 heavy (non-hydrogen) atoms. The summed E-state index contributed by atoms with van der Waals surface area (Å²) in [6.07, 6.45) is 1.11. The molecule has 2 heteroatoms. The number of nitrogens with two attached hydrogens (primary N) is 1. The Kier molecular flexibility index (Phi) is 4.62. The fraction of sp³-hybridized carbons (Fsp3) is 0.294. The van der Waals surface area contributed by atoms with Gasteiger partial charge >= 0.3 is 0 Å². The summed E-state index contributed by atoms with van der Waals surface area (Å²) >= 11 is 6.31. The summed E-state index contributed by atoms with van der Waals surface area (Å²) in [5.74, 6) is 0.679. The first kappa shape index (κ1) is 14.1. The molecule has 0 atom stereocenters. The Labute approximate surface area is 120 Å². The van der Waals surface area contributed by atoms with Gasteiger partial charge < -0.3 is 5.73 Å². The van der Waals surface area contributed by atoms with Gasteiger partial charge in [0.1, 0.15) is 0 Å². The highest BCUT2D eigenvalue weighted by Gasteiger charge is 2.05. The van der Waals surface area contributed by atoms with E-state index >= 15 is 0 Å². The van der Waals surface area contributed by atoms with Crippen molar-refractivity contribution in [3.8, 4) is 11.1 Å². The maximum Gasteiger partial charge on any atom is 0.0487 e. The molecule has 0 unspecified atom stereocenters. The zero-order chi connectivity index (χ0) is 13.8. The fourth-order valence-corrected chi connectivity index (χ4v) is 2.52. The Morgan fingerprint density at radius 1 is 1.00 bits per heavy atom. The lowest BCUT2D eigenvalue weighted by molar-refractivity contribution is 0.647. The van der Waals surface area contributed by atoms with Gasteiger partial charge in [-0.1, -0.05) is 61.8 Å². The van der Waals surface area contributed by atoms with Crippen molar-refractivity contribution in [2.24, 2.45) is 11.7 Å². The number of hydrogen-bond donors (Lipinski definition) is 1. The molecule has 0 amide bonds. The van der Waals surface area contributed by atoms with Gasteiger partial charge in [0.05, 0.1) is 0 Å². The summed E-state index contributed by atoms with van der Waals surface area (Å²) in [4.78, 5) is 0. The van der Waals surface area contributed by atoms with Crippen LogP contribution in [0.25, 0.3) is 11.1 Å².